The molecule has 0 saturated heterocycles. The van der Waals surface area contributed by atoms with E-state index in [-0.39, 0.29) is 11.6 Å². The first kappa shape index (κ1) is 17.9. The number of halogens is 1. The fraction of sp³-hybridized carbons (Fsp3) is 0.0833. The first-order valence-electron chi connectivity index (χ1n) is 9.20. The molecule has 3 aromatic carbocycles. The van der Waals surface area contributed by atoms with Gasteiger partial charge in [-0.1, -0.05) is 61.5 Å². The summed E-state index contributed by atoms with van der Waals surface area (Å²) < 4.78 is 14.0. The van der Waals surface area contributed by atoms with E-state index < -0.39 is 5.82 Å². The van der Waals surface area contributed by atoms with E-state index in [0.717, 1.165) is 22.9 Å². The summed E-state index contributed by atoms with van der Waals surface area (Å²) in [7, 11) is 0. The number of amides is 1. The Kier molecular flexibility index (Phi) is 4.85. The van der Waals surface area contributed by atoms with Crippen molar-refractivity contribution < 1.29 is 9.18 Å². The Morgan fingerprint density at radius 3 is 2.43 bits per heavy atom. The van der Waals surface area contributed by atoms with E-state index in [0.29, 0.717) is 11.3 Å². The average Bonchev–Trinajstić information content (AvgIpc) is 2.74. The van der Waals surface area contributed by atoms with Crippen LogP contribution in [0.4, 0.5) is 10.1 Å². The lowest BCUT2D eigenvalue weighted by molar-refractivity contribution is 0.102. The molecule has 138 valence electrons. The van der Waals surface area contributed by atoms with Crippen molar-refractivity contribution in [1.29, 1.82) is 0 Å². The fourth-order valence-electron chi connectivity index (χ4n) is 3.17. The van der Waals surface area contributed by atoms with E-state index in [9.17, 15) is 9.18 Å². The maximum absolute atomic E-state index is 14.0. The number of benzene rings is 3. The van der Waals surface area contributed by atoms with Gasteiger partial charge in [0.15, 0.2) is 0 Å². The molecular formula is C24H19FN2O. The molecule has 0 aliphatic rings. The van der Waals surface area contributed by atoms with Crippen molar-refractivity contribution >= 4 is 22.5 Å². The molecular weight excluding hydrogens is 351 g/mol. The smallest absolute Gasteiger partial charge is 0.256 e. The van der Waals surface area contributed by atoms with Crippen molar-refractivity contribution in [3.63, 3.8) is 0 Å². The number of nitrogens with zero attached hydrogens (tertiary/aromatic N) is 1. The summed E-state index contributed by atoms with van der Waals surface area (Å²) >= 11 is 0. The number of rotatable bonds is 4. The Hall–Kier alpha value is -3.53. The minimum Gasteiger partial charge on any atom is -0.319 e. The number of carbonyl (C=O) groups excluding carboxylic acids is 1. The Balaban J connectivity index is 1.80. The number of carbonyl (C=O) groups is 1. The minimum atomic E-state index is -0.468. The molecule has 4 rings (SSSR count). The van der Waals surface area contributed by atoms with Crippen LogP contribution in [-0.2, 0) is 6.42 Å². The van der Waals surface area contributed by atoms with E-state index >= 15 is 0 Å². The van der Waals surface area contributed by atoms with Crippen LogP contribution in [0.25, 0.3) is 22.2 Å². The van der Waals surface area contributed by atoms with E-state index in [1.807, 2.05) is 36.4 Å². The number of hydrogen-bond acceptors (Lipinski definition) is 2. The van der Waals surface area contributed by atoms with Gasteiger partial charge < -0.3 is 5.32 Å². The zero-order chi connectivity index (χ0) is 19.5. The van der Waals surface area contributed by atoms with E-state index in [1.165, 1.54) is 11.6 Å². The van der Waals surface area contributed by atoms with Gasteiger partial charge in [0.05, 0.1) is 22.5 Å². The summed E-state index contributed by atoms with van der Waals surface area (Å²) in [5.74, 6) is -0.834. The van der Waals surface area contributed by atoms with Gasteiger partial charge in [0.2, 0.25) is 0 Å². The molecule has 1 amide bonds. The highest BCUT2D eigenvalue weighted by Crippen LogP contribution is 2.26. The molecule has 3 nitrogen and oxygen atoms in total. The summed E-state index contributed by atoms with van der Waals surface area (Å²) in [6, 6.07) is 23.5. The lowest BCUT2D eigenvalue weighted by Crippen LogP contribution is -2.14. The predicted octanol–water partition coefficient (Wildman–Crippen LogP) is 5.86. The third kappa shape index (κ3) is 3.49. The summed E-state index contributed by atoms with van der Waals surface area (Å²) in [5.41, 5.74) is 4.22. The van der Waals surface area contributed by atoms with Crippen LogP contribution in [0, 0.1) is 5.82 Å². The minimum absolute atomic E-state index is 0.155. The predicted molar refractivity (Wildman–Crippen MR) is 111 cm³/mol. The number of pyridine rings is 1. The van der Waals surface area contributed by atoms with Crippen LogP contribution in [-0.4, -0.2) is 10.9 Å². The van der Waals surface area contributed by atoms with E-state index in [4.69, 9.17) is 4.98 Å². The van der Waals surface area contributed by atoms with Crippen LogP contribution in [0.15, 0.2) is 78.9 Å². The van der Waals surface area contributed by atoms with Crippen molar-refractivity contribution in [2.24, 2.45) is 0 Å². The Morgan fingerprint density at radius 2 is 1.68 bits per heavy atom. The average molecular weight is 370 g/mol. The molecule has 4 aromatic rings. The van der Waals surface area contributed by atoms with Gasteiger partial charge >= 0.3 is 0 Å². The maximum Gasteiger partial charge on any atom is 0.256 e. The van der Waals surface area contributed by atoms with Crippen LogP contribution in [0.5, 0.6) is 0 Å². The second-order valence-electron chi connectivity index (χ2n) is 6.56. The van der Waals surface area contributed by atoms with Crippen LogP contribution in [0.2, 0.25) is 0 Å². The first-order valence-corrected chi connectivity index (χ1v) is 9.20. The van der Waals surface area contributed by atoms with Crippen molar-refractivity contribution in [3.05, 3.63) is 95.8 Å². The first-order chi connectivity index (χ1) is 13.7. The van der Waals surface area contributed by atoms with Crippen molar-refractivity contribution in [1.82, 2.24) is 4.98 Å². The zero-order valence-corrected chi connectivity index (χ0v) is 15.4. The Labute approximate surface area is 162 Å². The monoisotopic (exact) mass is 370 g/mol. The SMILES string of the molecule is CCc1ccc(-c2cc(C(=O)Nc3ccccc3F)c3ccccc3n2)cc1. The quantitative estimate of drug-likeness (QED) is 0.489. The highest BCUT2D eigenvalue weighted by molar-refractivity contribution is 6.13. The van der Waals surface area contributed by atoms with Crippen LogP contribution < -0.4 is 5.32 Å². The third-order valence-corrected chi connectivity index (χ3v) is 4.74. The highest BCUT2D eigenvalue weighted by Gasteiger charge is 2.15. The van der Waals surface area contributed by atoms with Crippen LogP contribution in [0.1, 0.15) is 22.8 Å². The van der Waals surface area contributed by atoms with Gasteiger partial charge in [0, 0.05) is 10.9 Å². The van der Waals surface area contributed by atoms with Crippen molar-refractivity contribution in [3.8, 4) is 11.3 Å². The lowest BCUT2D eigenvalue weighted by Gasteiger charge is -2.11. The summed E-state index contributed by atoms with van der Waals surface area (Å²) in [4.78, 5) is 17.7. The van der Waals surface area contributed by atoms with Gasteiger partial charge in [-0.2, -0.15) is 0 Å². The van der Waals surface area contributed by atoms with E-state index in [2.05, 4.69) is 24.4 Å². The maximum atomic E-state index is 14.0. The molecule has 1 aromatic heterocycles. The standard InChI is InChI=1S/C24H19FN2O/c1-2-16-11-13-17(14-12-16)23-15-19(18-7-3-5-9-21(18)26-23)24(28)27-22-10-6-4-8-20(22)25/h3-15H,2H2,1H3,(H,27,28). The van der Waals surface area contributed by atoms with Gasteiger partial charge in [0.25, 0.3) is 5.91 Å². The molecule has 0 bridgehead atoms. The molecule has 0 fully saturated rings. The van der Waals surface area contributed by atoms with Gasteiger partial charge in [-0.05, 0) is 36.2 Å². The number of aryl methyl sites for hydroxylation is 1. The highest BCUT2D eigenvalue weighted by atomic mass is 19.1. The van der Waals surface area contributed by atoms with E-state index in [1.54, 1.807) is 24.3 Å². The van der Waals surface area contributed by atoms with Crippen molar-refractivity contribution in [2.75, 3.05) is 5.32 Å². The zero-order valence-electron chi connectivity index (χ0n) is 15.4. The molecule has 0 aliphatic heterocycles. The van der Waals surface area contributed by atoms with Crippen LogP contribution in [0.3, 0.4) is 0 Å². The Bertz CT molecular complexity index is 1150. The molecule has 0 atom stereocenters. The van der Waals surface area contributed by atoms with Gasteiger partial charge in [-0.3, -0.25) is 4.79 Å². The number of anilines is 1. The molecule has 1 N–H and O–H groups in total. The molecule has 0 spiro atoms. The molecule has 1 heterocycles. The number of aromatic nitrogens is 1. The Morgan fingerprint density at radius 1 is 0.964 bits per heavy atom. The second-order valence-corrected chi connectivity index (χ2v) is 6.56. The van der Waals surface area contributed by atoms with Crippen molar-refractivity contribution in [2.45, 2.75) is 13.3 Å². The summed E-state index contributed by atoms with van der Waals surface area (Å²) in [5, 5.41) is 3.40. The summed E-state index contributed by atoms with van der Waals surface area (Å²) in [6.07, 6.45) is 0.960. The molecule has 28 heavy (non-hydrogen) atoms. The fourth-order valence-corrected chi connectivity index (χ4v) is 3.17. The molecule has 4 heteroatoms. The van der Waals surface area contributed by atoms with Gasteiger partial charge in [0.1, 0.15) is 5.82 Å². The second kappa shape index (κ2) is 7.61. The van der Waals surface area contributed by atoms with Crippen LogP contribution >= 0.6 is 0 Å². The molecule has 0 radical (unpaired) electrons. The number of nitrogens with one attached hydrogen (secondary N) is 1. The molecule has 0 unspecified atom stereocenters. The molecule has 0 saturated carbocycles. The largest absolute Gasteiger partial charge is 0.319 e. The lowest BCUT2D eigenvalue weighted by atomic mass is 10.0. The molecule has 0 aliphatic carbocycles. The number of fused-ring (bicyclic) bond motifs is 1. The van der Waals surface area contributed by atoms with Gasteiger partial charge in [-0.25, -0.2) is 9.37 Å². The normalized spacial score (nSPS) is 10.8. The third-order valence-electron chi connectivity index (χ3n) is 4.74. The number of hydrogen-bond donors (Lipinski definition) is 1. The topological polar surface area (TPSA) is 42.0 Å². The number of para-hydroxylation sites is 2. The summed E-state index contributed by atoms with van der Waals surface area (Å²) in [6.45, 7) is 2.11. The van der Waals surface area contributed by atoms with Gasteiger partial charge in [-0.15, -0.1) is 0 Å².